The number of nitrogens with zero attached hydrogens (tertiary/aromatic N) is 2. The predicted octanol–water partition coefficient (Wildman–Crippen LogP) is 3.40. The Balaban J connectivity index is 1.68. The van der Waals surface area contributed by atoms with E-state index in [0.29, 0.717) is 25.3 Å². The zero-order valence-corrected chi connectivity index (χ0v) is 16.5. The Labute approximate surface area is 166 Å². The number of carbonyl (C=O) groups excluding carboxylic acids is 2. The molecule has 0 saturated carbocycles. The van der Waals surface area contributed by atoms with Gasteiger partial charge in [-0.15, -0.1) is 0 Å². The second-order valence-electron chi connectivity index (χ2n) is 6.84. The Bertz CT molecular complexity index is 812. The highest BCUT2D eigenvalue weighted by Crippen LogP contribution is 2.27. The van der Waals surface area contributed by atoms with Crippen molar-refractivity contribution < 1.29 is 14.3 Å². The molecular formula is C22H27N3O3. The van der Waals surface area contributed by atoms with E-state index in [4.69, 9.17) is 4.74 Å². The molecule has 2 amide bonds. The summed E-state index contributed by atoms with van der Waals surface area (Å²) in [7, 11) is 0. The van der Waals surface area contributed by atoms with Crippen LogP contribution < -0.4 is 15.0 Å². The van der Waals surface area contributed by atoms with Crippen molar-refractivity contribution in [1.82, 2.24) is 4.90 Å². The number of para-hydroxylation sites is 2. The van der Waals surface area contributed by atoms with Crippen LogP contribution in [0.3, 0.4) is 0 Å². The molecule has 1 aliphatic rings. The quantitative estimate of drug-likeness (QED) is 0.833. The van der Waals surface area contributed by atoms with E-state index in [1.807, 2.05) is 41.3 Å². The molecule has 6 heteroatoms. The molecule has 0 radical (unpaired) electrons. The second kappa shape index (κ2) is 9.26. The van der Waals surface area contributed by atoms with Gasteiger partial charge in [0, 0.05) is 38.7 Å². The smallest absolute Gasteiger partial charge is 0.255 e. The van der Waals surface area contributed by atoms with Gasteiger partial charge in [0.2, 0.25) is 5.91 Å². The molecule has 3 rings (SSSR count). The van der Waals surface area contributed by atoms with Crippen molar-refractivity contribution in [3.8, 4) is 5.75 Å². The van der Waals surface area contributed by atoms with Crippen LogP contribution in [0.2, 0.25) is 0 Å². The van der Waals surface area contributed by atoms with Crippen LogP contribution in [0.5, 0.6) is 5.75 Å². The summed E-state index contributed by atoms with van der Waals surface area (Å²) in [5.74, 6) is 0.714. The molecule has 28 heavy (non-hydrogen) atoms. The van der Waals surface area contributed by atoms with Gasteiger partial charge in [0.1, 0.15) is 5.75 Å². The normalized spacial score (nSPS) is 13.9. The maximum atomic E-state index is 12.7. The van der Waals surface area contributed by atoms with Gasteiger partial charge in [-0.2, -0.15) is 0 Å². The minimum atomic E-state index is -0.156. The third-order valence-corrected chi connectivity index (χ3v) is 4.81. The van der Waals surface area contributed by atoms with Gasteiger partial charge in [0.15, 0.2) is 0 Å². The van der Waals surface area contributed by atoms with Crippen molar-refractivity contribution in [3.63, 3.8) is 0 Å². The number of nitrogens with one attached hydrogen (secondary N) is 1. The van der Waals surface area contributed by atoms with Crippen molar-refractivity contribution in [2.45, 2.75) is 20.3 Å². The topological polar surface area (TPSA) is 61.9 Å². The van der Waals surface area contributed by atoms with E-state index in [9.17, 15) is 9.59 Å². The number of hydrogen-bond donors (Lipinski definition) is 1. The number of carbonyl (C=O) groups is 2. The summed E-state index contributed by atoms with van der Waals surface area (Å²) in [4.78, 5) is 28.3. The number of rotatable bonds is 6. The van der Waals surface area contributed by atoms with Gasteiger partial charge < -0.3 is 19.9 Å². The van der Waals surface area contributed by atoms with Crippen LogP contribution in [-0.4, -0.2) is 49.5 Å². The number of benzene rings is 2. The van der Waals surface area contributed by atoms with Crippen molar-refractivity contribution in [1.29, 1.82) is 0 Å². The number of amides is 2. The summed E-state index contributed by atoms with van der Waals surface area (Å²) < 4.78 is 5.57. The van der Waals surface area contributed by atoms with E-state index in [-0.39, 0.29) is 11.8 Å². The molecule has 148 valence electrons. The molecule has 0 aromatic heterocycles. The Morgan fingerprint density at radius 2 is 1.68 bits per heavy atom. The third kappa shape index (κ3) is 4.82. The molecule has 1 aliphatic heterocycles. The van der Waals surface area contributed by atoms with Crippen LogP contribution in [0.15, 0.2) is 48.5 Å². The lowest BCUT2D eigenvalue weighted by Gasteiger charge is -2.36. The number of piperazine rings is 1. The van der Waals surface area contributed by atoms with Crippen LogP contribution in [-0.2, 0) is 4.79 Å². The van der Waals surface area contributed by atoms with Crippen molar-refractivity contribution >= 4 is 23.2 Å². The summed E-state index contributed by atoms with van der Waals surface area (Å²) in [6.07, 6.45) is 0.944. The second-order valence-corrected chi connectivity index (χ2v) is 6.84. The fourth-order valence-corrected chi connectivity index (χ4v) is 3.23. The van der Waals surface area contributed by atoms with Crippen LogP contribution in [0.4, 0.5) is 11.4 Å². The molecule has 2 aromatic rings. The summed E-state index contributed by atoms with van der Waals surface area (Å²) in [5.41, 5.74) is 2.33. The SMILES string of the molecule is CCCOc1ccc(C(=O)Nc2ccccc2N2CCN(C(C)=O)CC2)cc1. The maximum Gasteiger partial charge on any atom is 0.255 e. The zero-order chi connectivity index (χ0) is 19.9. The summed E-state index contributed by atoms with van der Waals surface area (Å²) in [6, 6.07) is 15.0. The lowest BCUT2D eigenvalue weighted by molar-refractivity contribution is -0.129. The van der Waals surface area contributed by atoms with Gasteiger partial charge >= 0.3 is 0 Å². The fourth-order valence-electron chi connectivity index (χ4n) is 3.23. The van der Waals surface area contributed by atoms with E-state index in [0.717, 1.165) is 36.6 Å². The maximum absolute atomic E-state index is 12.7. The molecule has 0 unspecified atom stereocenters. The largest absolute Gasteiger partial charge is 0.494 e. The van der Waals surface area contributed by atoms with Crippen LogP contribution in [0.1, 0.15) is 30.6 Å². The minimum Gasteiger partial charge on any atom is -0.494 e. The van der Waals surface area contributed by atoms with Gasteiger partial charge in [-0.1, -0.05) is 19.1 Å². The van der Waals surface area contributed by atoms with E-state index >= 15 is 0 Å². The van der Waals surface area contributed by atoms with Crippen molar-refractivity contribution in [2.75, 3.05) is 43.0 Å². The molecular weight excluding hydrogens is 354 g/mol. The first-order valence-electron chi connectivity index (χ1n) is 9.72. The summed E-state index contributed by atoms with van der Waals surface area (Å²) in [5, 5.41) is 3.02. The van der Waals surface area contributed by atoms with Crippen LogP contribution >= 0.6 is 0 Å². The Morgan fingerprint density at radius 3 is 2.32 bits per heavy atom. The Hall–Kier alpha value is -3.02. The molecule has 0 aliphatic carbocycles. The number of ether oxygens (including phenoxy) is 1. The Kier molecular flexibility index (Phi) is 6.53. The molecule has 1 saturated heterocycles. The minimum absolute atomic E-state index is 0.104. The van der Waals surface area contributed by atoms with Crippen molar-refractivity contribution in [2.24, 2.45) is 0 Å². The third-order valence-electron chi connectivity index (χ3n) is 4.81. The van der Waals surface area contributed by atoms with Gasteiger partial charge in [0.05, 0.1) is 18.0 Å². The lowest BCUT2D eigenvalue weighted by Crippen LogP contribution is -2.48. The monoisotopic (exact) mass is 381 g/mol. The molecule has 1 fully saturated rings. The standard InChI is InChI=1S/C22H27N3O3/c1-3-16-28-19-10-8-18(9-11-19)22(27)23-20-6-4-5-7-21(20)25-14-12-24(13-15-25)17(2)26/h4-11H,3,12-16H2,1-2H3,(H,23,27). The summed E-state index contributed by atoms with van der Waals surface area (Å²) >= 11 is 0. The number of anilines is 2. The number of hydrogen-bond acceptors (Lipinski definition) is 4. The van der Waals surface area contributed by atoms with Crippen molar-refractivity contribution in [3.05, 3.63) is 54.1 Å². The molecule has 1 heterocycles. The van der Waals surface area contributed by atoms with E-state index in [1.54, 1.807) is 19.1 Å². The predicted molar refractivity (Wildman–Crippen MR) is 111 cm³/mol. The van der Waals surface area contributed by atoms with E-state index in [1.165, 1.54) is 0 Å². The lowest BCUT2D eigenvalue weighted by atomic mass is 10.1. The van der Waals surface area contributed by atoms with Gasteiger partial charge in [-0.05, 0) is 42.8 Å². The molecule has 2 aromatic carbocycles. The molecule has 0 spiro atoms. The average Bonchev–Trinajstić information content (AvgIpc) is 2.73. The molecule has 6 nitrogen and oxygen atoms in total. The zero-order valence-electron chi connectivity index (χ0n) is 16.5. The molecule has 1 N–H and O–H groups in total. The average molecular weight is 381 g/mol. The fraction of sp³-hybridized carbons (Fsp3) is 0.364. The molecule has 0 bridgehead atoms. The molecule has 0 atom stereocenters. The van der Waals surface area contributed by atoms with E-state index in [2.05, 4.69) is 17.1 Å². The summed E-state index contributed by atoms with van der Waals surface area (Å²) in [6.45, 7) is 7.19. The Morgan fingerprint density at radius 1 is 1.00 bits per heavy atom. The van der Waals surface area contributed by atoms with Crippen LogP contribution in [0, 0.1) is 0 Å². The highest BCUT2D eigenvalue weighted by atomic mass is 16.5. The first-order valence-corrected chi connectivity index (χ1v) is 9.72. The van der Waals surface area contributed by atoms with Gasteiger partial charge in [0.25, 0.3) is 5.91 Å². The van der Waals surface area contributed by atoms with Gasteiger partial charge in [-0.25, -0.2) is 0 Å². The first-order chi connectivity index (χ1) is 13.6. The highest BCUT2D eigenvalue weighted by molar-refractivity contribution is 6.06. The van der Waals surface area contributed by atoms with E-state index < -0.39 is 0 Å². The van der Waals surface area contributed by atoms with Crippen LogP contribution in [0.25, 0.3) is 0 Å². The van der Waals surface area contributed by atoms with Gasteiger partial charge in [-0.3, -0.25) is 9.59 Å². The highest BCUT2D eigenvalue weighted by Gasteiger charge is 2.21. The first kappa shape index (κ1) is 19.7.